The van der Waals surface area contributed by atoms with Crippen LogP contribution in [0.25, 0.3) is 11.3 Å². The van der Waals surface area contributed by atoms with Crippen molar-refractivity contribution in [2.75, 3.05) is 33.6 Å². The minimum absolute atomic E-state index is 0.0758. The average molecular weight is 555 g/mol. The second-order valence-electron chi connectivity index (χ2n) is 11.3. The lowest BCUT2D eigenvalue weighted by Gasteiger charge is -2.24. The van der Waals surface area contributed by atoms with Gasteiger partial charge in [-0.25, -0.2) is 0 Å². The van der Waals surface area contributed by atoms with Gasteiger partial charge in [-0.15, -0.1) is 0 Å². The van der Waals surface area contributed by atoms with Gasteiger partial charge in [-0.1, -0.05) is 19.6 Å². The number of benzene rings is 1. The van der Waals surface area contributed by atoms with Gasteiger partial charge in [0.15, 0.2) is 0 Å². The maximum Gasteiger partial charge on any atom is 0.405 e. The summed E-state index contributed by atoms with van der Waals surface area (Å²) in [4.78, 5) is 22.3. The Labute approximate surface area is 222 Å². The Kier molecular flexibility index (Phi) is 9.55. The summed E-state index contributed by atoms with van der Waals surface area (Å²) < 4.78 is 56.7. The summed E-state index contributed by atoms with van der Waals surface area (Å²) in [6.07, 6.45) is -2.11. The third-order valence-electron chi connectivity index (χ3n) is 6.23. The predicted octanol–water partition coefficient (Wildman–Crippen LogP) is 4.87. The zero-order valence-corrected chi connectivity index (χ0v) is 23.8. The molecule has 0 spiro atoms. The lowest BCUT2D eigenvalue weighted by Crippen LogP contribution is -2.40. The number of methoxy groups -OCH3 is 1. The number of rotatable bonds is 11. The molecule has 1 aromatic carbocycles. The first-order valence-electron chi connectivity index (χ1n) is 12.5. The molecule has 1 saturated heterocycles. The molecule has 8 nitrogen and oxygen atoms in total. The van der Waals surface area contributed by atoms with Crippen LogP contribution >= 0.6 is 0 Å². The maximum atomic E-state index is 13.5. The first-order chi connectivity index (χ1) is 17.7. The van der Waals surface area contributed by atoms with Crippen LogP contribution in [0, 0.1) is 5.41 Å². The Morgan fingerprint density at radius 3 is 2.37 bits per heavy atom. The highest BCUT2D eigenvalue weighted by Crippen LogP contribution is 2.32. The van der Waals surface area contributed by atoms with E-state index in [0.717, 1.165) is 11.6 Å². The van der Waals surface area contributed by atoms with Gasteiger partial charge in [0.25, 0.3) is 0 Å². The minimum Gasteiger partial charge on any atom is -0.492 e. The first kappa shape index (κ1) is 30.0. The first-order valence-corrected chi connectivity index (χ1v) is 16.2. The van der Waals surface area contributed by atoms with Gasteiger partial charge in [0, 0.05) is 26.8 Å². The lowest BCUT2D eigenvalue weighted by molar-refractivity contribution is -0.152. The Balaban J connectivity index is 1.66. The summed E-state index contributed by atoms with van der Waals surface area (Å²) >= 11 is 0. The van der Waals surface area contributed by atoms with E-state index in [4.69, 9.17) is 14.2 Å². The van der Waals surface area contributed by atoms with E-state index in [2.05, 4.69) is 34.9 Å². The van der Waals surface area contributed by atoms with E-state index in [1.807, 2.05) is 0 Å². The van der Waals surface area contributed by atoms with E-state index in [9.17, 15) is 18.0 Å². The fourth-order valence-corrected chi connectivity index (χ4v) is 4.55. The normalized spacial score (nSPS) is 19.0. The molecule has 1 aliphatic rings. The van der Waals surface area contributed by atoms with Gasteiger partial charge >= 0.3 is 12.1 Å². The molecule has 210 valence electrons. The molecule has 1 fully saturated rings. The molecule has 2 aromatic rings. The van der Waals surface area contributed by atoms with Crippen molar-refractivity contribution in [1.29, 1.82) is 0 Å². The predicted molar refractivity (Wildman–Crippen MR) is 140 cm³/mol. The minimum atomic E-state index is -4.38. The quantitative estimate of drug-likeness (QED) is 0.239. The number of ether oxygens (including phenoxy) is 3. The van der Waals surface area contributed by atoms with Crippen LogP contribution in [0.15, 0.2) is 36.7 Å². The van der Waals surface area contributed by atoms with E-state index in [1.165, 1.54) is 13.3 Å². The Hall–Kier alpha value is -2.54. The largest absolute Gasteiger partial charge is 0.492 e. The van der Waals surface area contributed by atoms with Crippen molar-refractivity contribution in [1.82, 2.24) is 20.2 Å². The molecule has 0 amide bonds. The van der Waals surface area contributed by atoms with Crippen LogP contribution in [0.4, 0.5) is 13.2 Å². The molecule has 0 radical (unpaired) electrons. The van der Waals surface area contributed by atoms with Crippen molar-refractivity contribution in [3.63, 3.8) is 0 Å². The number of aromatic nitrogens is 2. The smallest absolute Gasteiger partial charge is 0.405 e. The van der Waals surface area contributed by atoms with Crippen molar-refractivity contribution >= 4 is 14.0 Å². The van der Waals surface area contributed by atoms with Gasteiger partial charge < -0.3 is 14.2 Å². The van der Waals surface area contributed by atoms with Crippen LogP contribution in [0.5, 0.6) is 5.75 Å². The molecule has 3 rings (SSSR count). The Morgan fingerprint density at radius 2 is 1.82 bits per heavy atom. The zero-order chi connectivity index (χ0) is 28.1. The van der Waals surface area contributed by atoms with E-state index in [0.29, 0.717) is 23.7 Å². The molecule has 2 heterocycles. The van der Waals surface area contributed by atoms with Gasteiger partial charge in [0.1, 0.15) is 31.3 Å². The molecule has 1 N–H and O–H groups in total. The number of hydrogen-bond acceptors (Lipinski definition) is 8. The standard InChI is InChI=1S/C26H37F3N4O4Si/c1-25(2,24(34)35-3)16-37-19-9-7-18(8-10-19)20-13-31-21(14-30-20)23-32-22(26(27,28)29)15-33(23)17-36-11-12-38(4,5)6/h7-10,13-14,22-23,32H,11-12,15-17H2,1-6H3. The maximum absolute atomic E-state index is 13.5. The average Bonchev–Trinajstić information content (AvgIpc) is 3.30. The summed E-state index contributed by atoms with van der Waals surface area (Å²) in [5.74, 6) is 0.216. The molecule has 38 heavy (non-hydrogen) atoms. The number of halogens is 3. The second kappa shape index (κ2) is 12.1. The third-order valence-corrected chi connectivity index (χ3v) is 7.93. The molecule has 1 aromatic heterocycles. The third kappa shape index (κ3) is 8.23. The summed E-state index contributed by atoms with van der Waals surface area (Å²) in [6.45, 7) is 10.7. The highest BCUT2D eigenvalue weighted by molar-refractivity contribution is 6.76. The highest BCUT2D eigenvalue weighted by atomic mass is 28.3. The van der Waals surface area contributed by atoms with Gasteiger partial charge in [-0.3, -0.25) is 25.0 Å². The summed E-state index contributed by atoms with van der Waals surface area (Å²) in [5.41, 5.74) is 0.932. The fourth-order valence-electron chi connectivity index (χ4n) is 3.80. The SMILES string of the molecule is COC(=O)C(C)(C)COc1ccc(-c2cnc(C3NC(C(F)(F)F)CN3COCC[Si](C)(C)C)cn2)cc1. The van der Waals surface area contributed by atoms with E-state index in [1.54, 1.807) is 49.2 Å². The topological polar surface area (TPSA) is 85.8 Å². The molecule has 0 bridgehead atoms. The van der Waals surface area contributed by atoms with Gasteiger partial charge in [-0.2, -0.15) is 13.2 Å². The van der Waals surface area contributed by atoms with Crippen LogP contribution in [-0.2, 0) is 14.3 Å². The summed E-state index contributed by atoms with van der Waals surface area (Å²) in [7, 11) is 0.0286. The van der Waals surface area contributed by atoms with E-state index < -0.39 is 31.9 Å². The molecular weight excluding hydrogens is 517 g/mol. The highest BCUT2D eigenvalue weighted by Gasteiger charge is 2.48. The van der Waals surface area contributed by atoms with Crippen molar-refractivity contribution in [3.8, 4) is 17.0 Å². The molecule has 12 heteroatoms. The Morgan fingerprint density at radius 1 is 1.13 bits per heavy atom. The van der Waals surface area contributed by atoms with Crippen molar-refractivity contribution in [2.24, 2.45) is 5.41 Å². The molecule has 1 aliphatic heterocycles. The van der Waals surface area contributed by atoms with Crippen LogP contribution in [0.1, 0.15) is 25.7 Å². The van der Waals surface area contributed by atoms with Crippen molar-refractivity contribution in [2.45, 2.75) is 57.9 Å². The Bertz CT molecular complexity index is 1060. The number of carbonyl (C=O) groups excluding carboxylic acids is 1. The number of hydrogen-bond donors (Lipinski definition) is 1. The van der Waals surface area contributed by atoms with Crippen molar-refractivity contribution in [3.05, 3.63) is 42.4 Å². The second-order valence-corrected chi connectivity index (χ2v) is 16.9. The van der Waals surface area contributed by atoms with Crippen LogP contribution in [0.2, 0.25) is 25.7 Å². The number of nitrogens with zero attached hydrogens (tertiary/aromatic N) is 3. The molecular formula is C26H37F3N4O4Si. The van der Waals surface area contributed by atoms with Crippen LogP contribution in [0.3, 0.4) is 0 Å². The molecule has 2 atom stereocenters. The van der Waals surface area contributed by atoms with Crippen molar-refractivity contribution < 1.29 is 32.2 Å². The molecule has 2 unspecified atom stereocenters. The number of carbonyl (C=O) groups is 1. The number of alkyl halides is 3. The van der Waals surface area contributed by atoms with Gasteiger partial charge in [0.2, 0.25) is 0 Å². The van der Waals surface area contributed by atoms with Gasteiger partial charge in [0.05, 0.1) is 36.3 Å². The zero-order valence-electron chi connectivity index (χ0n) is 22.8. The van der Waals surface area contributed by atoms with E-state index in [-0.39, 0.29) is 25.9 Å². The van der Waals surface area contributed by atoms with Crippen LogP contribution in [-0.4, -0.2) is 74.7 Å². The molecule has 0 aliphatic carbocycles. The molecule has 0 saturated carbocycles. The van der Waals surface area contributed by atoms with Gasteiger partial charge in [-0.05, 0) is 44.2 Å². The number of nitrogens with one attached hydrogen (secondary N) is 1. The van der Waals surface area contributed by atoms with E-state index >= 15 is 0 Å². The summed E-state index contributed by atoms with van der Waals surface area (Å²) in [5, 5.41) is 2.64. The summed E-state index contributed by atoms with van der Waals surface area (Å²) in [6, 6.07) is 6.37. The number of esters is 1. The fraction of sp³-hybridized carbons (Fsp3) is 0.577. The lowest BCUT2D eigenvalue weighted by atomic mass is 9.95. The van der Waals surface area contributed by atoms with Crippen LogP contribution < -0.4 is 10.1 Å². The monoisotopic (exact) mass is 554 g/mol.